The van der Waals surface area contributed by atoms with Gasteiger partial charge in [0.1, 0.15) is 0 Å². The molecule has 1 N–H and O–H groups in total. The van der Waals surface area contributed by atoms with Crippen LogP contribution >= 0.6 is 0 Å². The fraction of sp³-hybridized carbons (Fsp3) is 0.667. The van der Waals surface area contributed by atoms with Gasteiger partial charge in [-0.1, -0.05) is 6.92 Å². The van der Waals surface area contributed by atoms with Gasteiger partial charge in [0.05, 0.1) is 12.0 Å². The molecule has 0 unspecified atom stereocenters. The molecular weight excluding hydrogens is 118 g/mol. The van der Waals surface area contributed by atoms with Crippen LogP contribution in [0.15, 0.2) is 0 Å². The van der Waals surface area contributed by atoms with Crippen LogP contribution < -0.4 is 0 Å². The van der Waals surface area contributed by atoms with Crippen molar-refractivity contribution in [1.29, 1.82) is 5.26 Å². The number of carboxylic acids is 1. The predicted octanol–water partition coefficient (Wildman–Crippen LogP) is 1.01. The second kappa shape index (κ2) is 3.90. The number of rotatable bonds is 3. The minimum atomic E-state index is -0.876. The minimum Gasteiger partial charge on any atom is -0.481 e. The van der Waals surface area contributed by atoms with Gasteiger partial charge in [-0.25, -0.2) is 0 Å². The number of carbonyl (C=O) groups is 1. The van der Waals surface area contributed by atoms with Crippen molar-refractivity contribution in [3.8, 4) is 6.07 Å². The van der Waals surface area contributed by atoms with Gasteiger partial charge in [-0.05, 0) is 6.42 Å². The summed E-state index contributed by atoms with van der Waals surface area (Å²) in [7, 11) is 0. The molecule has 0 aliphatic rings. The van der Waals surface area contributed by atoms with Crippen LogP contribution in [0, 0.1) is 17.2 Å². The number of hydrogen-bond acceptors (Lipinski definition) is 2. The third-order valence-corrected chi connectivity index (χ3v) is 1.18. The molecule has 1 atom stereocenters. The lowest BCUT2D eigenvalue weighted by Crippen LogP contribution is -2.11. The zero-order chi connectivity index (χ0) is 7.28. The molecule has 0 saturated carbocycles. The van der Waals surface area contributed by atoms with E-state index in [1.807, 2.05) is 6.07 Å². The van der Waals surface area contributed by atoms with Crippen molar-refractivity contribution in [2.45, 2.75) is 19.8 Å². The molecule has 0 aliphatic carbocycles. The van der Waals surface area contributed by atoms with Crippen LogP contribution in [-0.2, 0) is 4.79 Å². The third-order valence-electron chi connectivity index (χ3n) is 1.18. The van der Waals surface area contributed by atoms with Crippen molar-refractivity contribution in [1.82, 2.24) is 0 Å². The summed E-state index contributed by atoms with van der Waals surface area (Å²) in [4.78, 5) is 10.2. The average Bonchev–Trinajstić information content (AvgIpc) is 1.82. The van der Waals surface area contributed by atoms with Crippen LogP contribution in [0.25, 0.3) is 0 Å². The number of carboxylic acid groups (broad SMARTS) is 1. The average molecular weight is 127 g/mol. The molecule has 0 aliphatic heterocycles. The molecule has 0 aromatic rings. The molecule has 9 heavy (non-hydrogen) atoms. The SMILES string of the molecule is CC[C@H](CC#N)C(=O)O. The maximum Gasteiger partial charge on any atom is 0.307 e. The first-order valence-corrected chi connectivity index (χ1v) is 2.82. The molecule has 50 valence electrons. The number of nitriles is 1. The van der Waals surface area contributed by atoms with Gasteiger partial charge in [0.25, 0.3) is 0 Å². The van der Waals surface area contributed by atoms with Crippen LogP contribution in [-0.4, -0.2) is 11.1 Å². The Bertz CT molecular complexity index is 136. The van der Waals surface area contributed by atoms with Crippen LogP contribution in [0.4, 0.5) is 0 Å². The summed E-state index contributed by atoms with van der Waals surface area (Å²) in [6, 6.07) is 1.82. The fourth-order valence-electron chi connectivity index (χ4n) is 0.516. The Morgan fingerprint density at radius 2 is 2.44 bits per heavy atom. The lowest BCUT2D eigenvalue weighted by molar-refractivity contribution is -0.141. The largest absolute Gasteiger partial charge is 0.481 e. The van der Waals surface area contributed by atoms with Gasteiger partial charge in [-0.2, -0.15) is 5.26 Å². The first-order valence-electron chi connectivity index (χ1n) is 2.82. The van der Waals surface area contributed by atoms with Crippen LogP contribution in [0.1, 0.15) is 19.8 Å². The van der Waals surface area contributed by atoms with Crippen LogP contribution in [0.3, 0.4) is 0 Å². The molecule has 3 heteroatoms. The van der Waals surface area contributed by atoms with E-state index in [2.05, 4.69) is 0 Å². The second-order valence-corrected chi connectivity index (χ2v) is 1.81. The predicted molar refractivity (Wildman–Crippen MR) is 31.6 cm³/mol. The van der Waals surface area contributed by atoms with Gasteiger partial charge < -0.3 is 5.11 Å². The Kier molecular flexibility index (Phi) is 3.45. The Balaban J connectivity index is 3.71. The standard InChI is InChI=1S/C6H9NO2/c1-2-5(3-4-7)6(8)9/h5H,2-3H2,1H3,(H,8,9)/t5-/m1/s1. The normalized spacial score (nSPS) is 12.0. The van der Waals surface area contributed by atoms with Crippen molar-refractivity contribution in [2.24, 2.45) is 5.92 Å². The van der Waals surface area contributed by atoms with Gasteiger partial charge >= 0.3 is 5.97 Å². The molecule has 0 radical (unpaired) electrons. The Morgan fingerprint density at radius 1 is 1.89 bits per heavy atom. The monoisotopic (exact) mass is 127 g/mol. The van der Waals surface area contributed by atoms with E-state index < -0.39 is 11.9 Å². The van der Waals surface area contributed by atoms with Crippen molar-refractivity contribution in [2.75, 3.05) is 0 Å². The molecular formula is C6H9NO2. The van der Waals surface area contributed by atoms with Crippen molar-refractivity contribution < 1.29 is 9.90 Å². The maximum absolute atomic E-state index is 10.2. The summed E-state index contributed by atoms with van der Waals surface area (Å²) < 4.78 is 0. The van der Waals surface area contributed by atoms with E-state index in [0.717, 1.165) is 0 Å². The summed E-state index contributed by atoms with van der Waals surface area (Å²) in [5.41, 5.74) is 0. The zero-order valence-corrected chi connectivity index (χ0v) is 5.29. The number of hydrogen-bond donors (Lipinski definition) is 1. The van der Waals surface area contributed by atoms with E-state index in [-0.39, 0.29) is 6.42 Å². The van der Waals surface area contributed by atoms with Gasteiger partial charge in [-0.3, -0.25) is 4.79 Å². The molecule has 0 fully saturated rings. The Labute approximate surface area is 53.9 Å². The van der Waals surface area contributed by atoms with E-state index in [4.69, 9.17) is 10.4 Å². The summed E-state index contributed by atoms with van der Waals surface area (Å²) >= 11 is 0. The summed E-state index contributed by atoms with van der Waals surface area (Å²) in [5, 5.41) is 16.5. The van der Waals surface area contributed by atoms with E-state index in [0.29, 0.717) is 6.42 Å². The quantitative estimate of drug-likeness (QED) is 0.615. The smallest absolute Gasteiger partial charge is 0.307 e. The van der Waals surface area contributed by atoms with E-state index in [9.17, 15) is 4.79 Å². The summed E-state index contributed by atoms with van der Waals surface area (Å²) in [6.07, 6.45) is 0.648. The van der Waals surface area contributed by atoms with E-state index >= 15 is 0 Å². The molecule has 0 bridgehead atoms. The third kappa shape index (κ3) is 2.70. The molecule has 0 spiro atoms. The molecule has 0 heterocycles. The zero-order valence-electron chi connectivity index (χ0n) is 5.29. The lowest BCUT2D eigenvalue weighted by atomic mass is 10.0. The molecule has 0 saturated heterocycles. The Morgan fingerprint density at radius 3 is 2.56 bits per heavy atom. The fourth-order valence-corrected chi connectivity index (χ4v) is 0.516. The summed E-state index contributed by atoms with van der Waals surface area (Å²) in [6.45, 7) is 1.76. The molecule has 0 rings (SSSR count). The highest BCUT2D eigenvalue weighted by Crippen LogP contribution is 2.05. The lowest BCUT2D eigenvalue weighted by Gasteiger charge is -2.00. The van der Waals surface area contributed by atoms with Gasteiger partial charge in [0, 0.05) is 6.42 Å². The molecule has 0 aromatic heterocycles. The first-order chi connectivity index (χ1) is 4.22. The number of nitrogens with zero attached hydrogens (tertiary/aromatic N) is 1. The highest BCUT2D eigenvalue weighted by Gasteiger charge is 2.12. The maximum atomic E-state index is 10.2. The topological polar surface area (TPSA) is 61.1 Å². The second-order valence-electron chi connectivity index (χ2n) is 1.81. The summed E-state index contributed by atoms with van der Waals surface area (Å²) in [5.74, 6) is -1.35. The molecule has 0 amide bonds. The van der Waals surface area contributed by atoms with Gasteiger partial charge in [0.2, 0.25) is 0 Å². The van der Waals surface area contributed by atoms with Crippen LogP contribution in [0.5, 0.6) is 0 Å². The van der Waals surface area contributed by atoms with Gasteiger partial charge in [-0.15, -0.1) is 0 Å². The molecule has 3 nitrogen and oxygen atoms in total. The number of aliphatic carboxylic acids is 1. The van der Waals surface area contributed by atoms with Crippen molar-refractivity contribution in [3.63, 3.8) is 0 Å². The van der Waals surface area contributed by atoms with Crippen LogP contribution in [0.2, 0.25) is 0 Å². The van der Waals surface area contributed by atoms with E-state index in [1.54, 1.807) is 6.92 Å². The van der Waals surface area contributed by atoms with E-state index in [1.165, 1.54) is 0 Å². The van der Waals surface area contributed by atoms with Gasteiger partial charge in [0.15, 0.2) is 0 Å². The highest BCUT2D eigenvalue weighted by atomic mass is 16.4. The first kappa shape index (κ1) is 7.96. The van der Waals surface area contributed by atoms with Crippen molar-refractivity contribution >= 4 is 5.97 Å². The van der Waals surface area contributed by atoms with Crippen molar-refractivity contribution in [3.05, 3.63) is 0 Å². The Hall–Kier alpha value is -1.04. The highest BCUT2D eigenvalue weighted by molar-refractivity contribution is 5.70. The molecule has 0 aromatic carbocycles. The minimum absolute atomic E-state index is 0.117.